The van der Waals surface area contributed by atoms with Gasteiger partial charge in [-0.05, 0) is 19.4 Å². The number of anilines is 1. The van der Waals surface area contributed by atoms with Crippen molar-refractivity contribution in [2.75, 3.05) is 18.4 Å². The fourth-order valence-corrected chi connectivity index (χ4v) is 3.03. The molecule has 2 aromatic rings. The number of hydrogen-bond donors (Lipinski definition) is 2. The summed E-state index contributed by atoms with van der Waals surface area (Å²) in [6.07, 6.45) is 3.31. The molecule has 2 rings (SSSR count). The zero-order chi connectivity index (χ0) is 17.6. The summed E-state index contributed by atoms with van der Waals surface area (Å²) in [5, 5.41) is 13.9. The highest BCUT2D eigenvalue weighted by molar-refractivity contribution is 7.17. The van der Waals surface area contributed by atoms with E-state index in [0.29, 0.717) is 23.1 Å². The molecule has 0 atom stereocenters. The van der Waals surface area contributed by atoms with E-state index in [0.717, 1.165) is 5.56 Å². The highest BCUT2D eigenvalue weighted by Gasteiger charge is 2.25. The Morgan fingerprint density at radius 3 is 2.75 bits per heavy atom. The number of aromatic nitrogens is 1. The number of rotatable bonds is 8. The first-order valence-corrected chi connectivity index (χ1v) is 8.57. The number of amides is 1. The maximum absolute atomic E-state index is 12.9. The van der Waals surface area contributed by atoms with Crippen LogP contribution in [-0.2, 0) is 6.54 Å². The first-order valence-electron chi connectivity index (χ1n) is 7.75. The molecule has 0 saturated heterocycles. The second kappa shape index (κ2) is 8.08. The van der Waals surface area contributed by atoms with Gasteiger partial charge in [0.25, 0.3) is 5.91 Å². The Bertz CT molecular complexity index is 677. The van der Waals surface area contributed by atoms with Gasteiger partial charge in [0.05, 0.1) is 11.8 Å². The standard InChI is InChI=1S/C18H23N3O2S/c1-4-10-19-17-20-11-15(24-17)16(22)21(13-18(2,3)23)12-14-8-6-5-7-9-14/h4-9,11,23H,1,10,12-13H2,2-3H3,(H,19,20). The van der Waals surface area contributed by atoms with Crippen molar-refractivity contribution in [2.24, 2.45) is 0 Å². The smallest absolute Gasteiger partial charge is 0.266 e. The van der Waals surface area contributed by atoms with Crippen LogP contribution in [0.5, 0.6) is 0 Å². The minimum atomic E-state index is -0.973. The summed E-state index contributed by atoms with van der Waals surface area (Å²) in [5.74, 6) is -0.134. The molecule has 1 heterocycles. The van der Waals surface area contributed by atoms with Crippen molar-refractivity contribution in [1.82, 2.24) is 9.88 Å². The molecule has 0 fully saturated rings. The van der Waals surface area contributed by atoms with Gasteiger partial charge in [0.1, 0.15) is 4.88 Å². The topological polar surface area (TPSA) is 65.5 Å². The van der Waals surface area contributed by atoms with Gasteiger partial charge in [-0.2, -0.15) is 0 Å². The van der Waals surface area contributed by atoms with E-state index in [1.54, 1.807) is 31.0 Å². The lowest BCUT2D eigenvalue weighted by Crippen LogP contribution is -2.41. The maximum Gasteiger partial charge on any atom is 0.266 e. The Balaban J connectivity index is 2.17. The minimum Gasteiger partial charge on any atom is -0.389 e. The summed E-state index contributed by atoms with van der Waals surface area (Å²) in [5.41, 5.74) is 0.0450. The van der Waals surface area contributed by atoms with Crippen molar-refractivity contribution in [3.8, 4) is 0 Å². The molecular weight excluding hydrogens is 322 g/mol. The van der Waals surface area contributed by atoms with E-state index >= 15 is 0 Å². The van der Waals surface area contributed by atoms with E-state index in [-0.39, 0.29) is 12.5 Å². The summed E-state index contributed by atoms with van der Waals surface area (Å²) < 4.78 is 0. The molecule has 0 aliphatic heterocycles. The SMILES string of the molecule is C=CCNc1ncc(C(=O)N(Cc2ccccc2)CC(C)(C)O)s1. The third-order valence-corrected chi connectivity index (χ3v) is 4.14. The van der Waals surface area contributed by atoms with Crippen LogP contribution >= 0.6 is 11.3 Å². The summed E-state index contributed by atoms with van der Waals surface area (Å²) in [4.78, 5) is 19.3. The van der Waals surface area contributed by atoms with Crippen molar-refractivity contribution >= 4 is 22.4 Å². The molecule has 1 aromatic heterocycles. The number of carbonyl (C=O) groups is 1. The fourth-order valence-electron chi connectivity index (χ4n) is 2.24. The molecular formula is C18H23N3O2S. The van der Waals surface area contributed by atoms with Gasteiger partial charge in [-0.25, -0.2) is 4.98 Å². The predicted octanol–water partition coefficient (Wildman–Crippen LogP) is 3.15. The molecule has 6 heteroatoms. The van der Waals surface area contributed by atoms with Crippen LogP contribution in [0, 0.1) is 0 Å². The molecule has 0 spiro atoms. The van der Waals surface area contributed by atoms with E-state index < -0.39 is 5.60 Å². The average Bonchev–Trinajstić information content (AvgIpc) is 3.00. The molecule has 5 nitrogen and oxygen atoms in total. The summed E-state index contributed by atoms with van der Waals surface area (Å²) >= 11 is 1.30. The second-order valence-electron chi connectivity index (χ2n) is 6.16. The van der Waals surface area contributed by atoms with Crippen LogP contribution in [0.4, 0.5) is 5.13 Å². The summed E-state index contributed by atoms with van der Waals surface area (Å²) in [6, 6.07) is 9.74. The lowest BCUT2D eigenvalue weighted by Gasteiger charge is -2.28. The van der Waals surface area contributed by atoms with Gasteiger partial charge in [0.2, 0.25) is 0 Å². The second-order valence-corrected chi connectivity index (χ2v) is 7.19. The lowest BCUT2D eigenvalue weighted by atomic mass is 10.1. The monoisotopic (exact) mass is 345 g/mol. The molecule has 0 radical (unpaired) electrons. The Kier molecular flexibility index (Phi) is 6.11. The zero-order valence-electron chi connectivity index (χ0n) is 14.0. The number of benzene rings is 1. The number of hydrogen-bond acceptors (Lipinski definition) is 5. The molecule has 0 aliphatic carbocycles. The number of nitrogens with one attached hydrogen (secondary N) is 1. The van der Waals surface area contributed by atoms with Gasteiger partial charge in [-0.1, -0.05) is 47.7 Å². The van der Waals surface area contributed by atoms with Crippen LogP contribution in [0.2, 0.25) is 0 Å². The van der Waals surface area contributed by atoms with E-state index in [1.165, 1.54) is 11.3 Å². The number of aliphatic hydroxyl groups is 1. The summed E-state index contributed by atoms with van der Waals surface area (Å²) in [7, 11) is 0. The van der Waals surface area contributed by atoms with Gasteiger partial charge in [-0.3, -0.25) is 4.79 Å². The van der Waals surface area contributed by atoms with E-state index in [4.69, 9.17) is 0 Å². The van der Waals surface area contributed by atoms with Crippen LogP contribution in [0.15, 0.2) is 49.2 Å². The summed E-state index contributed by atoms with van der Waals surface area (Å²) in [6.45, 7) is 8.32. The quantitative estimate of drug-likeness (QED) is 0.721. The number of carbonyl (C=O) groups excluding carboxylic acids is 1. The predicted molar refractivity (Wildman–Crippen MR) is 98.3 cm³/mol. The minimum absolute atomic E-state index is 0.134. The van der Waals surface area contributed by atoms with Crippen LogP contribution in [0.1, 0.15) is 29.1 Å². The molecule has 0 unspecified atom stereocenters. The van der Waals surface area contributed by atoms with Gasteiger partial charge in [0.15, 0.2) is 5.13 Å². The van der Waals surface area contributed by atoms with Crippen molar-refractivity contribution in [3.63, 3.8) is 0 Å². The van der Waals surface area contributed by atoms with E-state index in [9.17, 15) is 9.90 Å². The third-order valence-electron chi connectivity index (χ3n) is 3.20. The van der Waals surface area contributed by atoms with Crippen molar-refractivity contribution in [2.45, 2.75) is 26.0 Å². The number of thiazole rings is 1. The first-order chi connectivity index (χ1) is 11.4. The lowest BCUT2D eigenvalue weighted by molar-refractivity contribution is 0.0282. The van der Waals surface area contributed by atoms with Gasteiger partial charge in [-0.15, -0.1) is 6.58 Å². The maximum atomic E-state index is 12.9. The zero-order valence-corrected chi connectivity index (χ0v) is 14.8. The van der Waals surface area contributed by atoms with Crippen molar-refractivity contribution in [3.05, 3.63) is 59.6 Å². The molecule has 0 saturated carbocycles. The largest absolute Gasteiger partial charge is 0.389 e. The van der Waals surface area contributed by atoms with Gasteiger partial charge < -0.3 is 15.3 Å². The van der Waals surface area contributed by atoms with Gasteiger partial charge in [0, 0.05) is 19.6 Å². The molecule has 1 amide bonds. The van der Waals surface area contributed by atoms with E-state index in [1.807, 2.05) is 30.3 Å². The molecule has 0 bridgehead atoms. The van der Waals surface area contributed by atoms with Crippen molar-refractivity contribution < 1.29 is 9.90 Å². The molecule has 1 aromatic carbocycles. The van der Waals surface area contributed by atoms with Crippen LogP contribution in [-0.4, -0.2) is 39.6 Å². The van der Waals surface area contributed by atoms with E-state index in [2.05, 4.69) is 16.9 Å². The Morgan fingerprint density at radius 2 is 2.12 bits per heavy atom. The Morgan fingerprint density at radius 1 is 1.42 bits per heavy atom. The molecule has 128 valence electrons. The van der Waals surface area contributed by atoms with Crippen LogP contribution < -0.4 is 5.32 Å². The Labute approximate surface area is 146 Å². The highest BCUT2D eigenvalue weighted by atomic mass is 32.1. The molecule has 24 heavy (non-hydrogen) atoms. The van der Waals surface area contributed by atoms with Crippen LogP contribution in [0.25, 0.3) is 0 Å². The average molecular weight is 345 g/mol. The third kappa shape index (κ3) is 5.47. The van der Waals surface area contributed by atoms with Gasteiger partial charge >= 0.3 is 0 Å². The normalized spacial score (nSPS) is 11.1. The first kappa shape index (κ1) is 18.2. The highest BCUT2D eigenvalue weighted by Crippen LogP contribution is 2.22. The number of nitrogens with zero attached hydrogens (tertiary/aromatic N) is 2. The molecule has 2 N–H and O–H groups in total. The van der Waals surface area contributed by atoms with Crippen LogP contribution in [0.3, 0.4) is 0 Å². The Hall–Kier alpha value is -2.18. The fraction of sp³-hybridized carbons (Fsp3) is 0.333. The molecule has 0 aliphatic rings. The van der Waals surface area contributed by atoms with Crippen molar-refractivity contribution in [1.29, 1.82) is 0 Å².